The lowest BCUT2D eigenvalue weighted by Crippen LogP contribution is -2.40. The molecule has 0 spiro atoms. The number of fused-ring (bicyclic) bond motifs is 1. The highest BCUT2D eigenvalue weighted by Crippen LogP contribution is 2.31. The molecule has 2 aliphatic rings. The quantitative estimate of drug-likeness (QED) is 0.923. The SMILES string of the molecule is CC(NCC1Cc2cc(Br)ccc2O1)C1CCOC1. The number of hydrogen-bond donors (Lipinski definition) is 1. The van der Waals surface area contributed by atoms with Crippen LogP contribution < -0.4 is 10.1 Å². The lowest BCUT2D eigenvalue weighted by Gasteiger charge is -2.21. The first-order chi connectivity index (χ1) is 9.22. The second-order valence-electron chi connectivity index (χ2n) is 5.52. The standard InChI is InChI=1S/C15H20BrNO2/c1-10(11-4-5-18-9-11)17-8-14-7-12-6-13(16)2-3-15(12)19-14/h2-3,6,10-11,14,17H,4-5,7-9H2,1H3. The summed E-state index contributed by atoms with van der Waals surface area (Å²) in [6, 6.07) is 6.74. The van der Waals surface area contributed by atoms with Crippen molar-refractivity contribution >= 4 is 15.9 Å². The van der Waals surface area contributed by atoms with Gasteiger partial charge in [-0.2, -0.15) is 0 Å². The maximum atomic E-state index is 5.96. The molecule has 3 atom stereocenters. The van der Waals surface area contributed by atoms with Crippen molar-refractivity contribution < 1.29 is 9.47 Å². The maximum absolute atomic E-state index is 5.96. The van der Waals surface area contributed by atoms with E-state index >= 15 is 0 Å². The number of benzene rings is 1. The molecule has 3 rings (SSSR count). The Balaban J connectivity index is 1.50. The van der Waals surface area contributed by atoms with Crippen LogP contribution in [0.5, 0.6) is 5.75 Å². The van der Waals surface area contributed by atoms with E-state index in [1.807, 2.05) is 12.1 Å². The van der Waals surface area contributed by atoms with E-state index in [4.69, 9.17) is 9.47 Å². The molecule has 0 aromatic heterocycles. The third-order valence-corrected chi connectivity index (χ3v) is 4.60. The monoisotopic (exact) mass is 325 g/mol. The highest BCUT2D eigenvalue weighted by molar-refractivity contribution is 9.10. The predicted octanol–water partition coefficient (Wildman–Crippen LogP) is 2.77. The Hall–Kier alpha value is -0.580. The maximum Gasteiger partial charge on any atom is 0.123 e. The Morgan fingerprint density at radius 3 is 3.16 bits per heavy atom. The summed E-state index contributed by atoms with van der Waals surface area (Å²) in [4.78, 5) is 0. The van der Waals surface area contributed by atoms with Crippen molar-refractivity contribution in [2.45, 2.75) is 31.9 Å². The summed E-state index contributed by atoms with van der Waals surface area (Å²) >= 11 is 3.51. The molecule has 0 aliphatic carbocycles. The Labute approximate surface area is 122 Å². The number of rotatable bonds is 4. The molecule has 1 aromatic rings. The van der Waals surface area contributed by atoms with Gasteiger partial charge in [0.05, 0.1) is 6.61 Å². The van der Waals surface area contributed by atoms with E-state index < -0.39 is 0 Å². The molecule has 0 bridgehead atoms. The molecule has 1 N–H and O–H groups in total. The van der Waals surface area contributed by atoms with E-state index in [0.29, 0.717) is 12.0 Å². The second kappa shape index (κ2) is 5.81. The van der Waals surface area contributed by atoms with Crippen LogP contribution in [0.3, 0.4) is 0 Å². The molecule has 0 amide bonds. The van der Waals surface area contributed by atoms with Gasteiger partial charge in [-0.15, -0.1) is 0 Å². The lowest BCUT2D eigenvalue weighted by molar-refractivity contribution is 0.173. The van der Waals surface area contributed by atoms with Gasteiger partial charge in [-0.3, -0.25) is 0 Å². The zero-order valence-corrected chi connectivity index (χ0v) is 12.8. The molecule has 1 aromatic carbocycles. The van der Waals surface area contributed by atoms with Gasteiger partial charge >= 0.3 is 0 Å². The fraction of sp³-hybridized carbons (Fsp3) is 0.600. The van der Waals surface area contributed by atoms with Crippen molar-refractivity contribution in [3.05, 3.63) is 28.2 Å². The fourth-order valence-electron chi connectivity index (χ4n) is 2.83. The van der Waals surface area contributed by atoms with Crippen LogP contribution in [0.25, 0.3) is 0 Å². The van der Waals surface area contributed by atoms with Crippen LogP contribution in [0.4, 0.5) is 0 Å². The van der Waals surface area contributed by atoms with Gasteiger partial charge in [-0.25, -0.2) is 0 Å². The molecule has 3 unspecified atom stereocenters. The van der Waals surface area contributed by atoms with Crippen LogP contribution in [0.2, 0.25) is 0 Å². The van der Waals surface area contributed by atoms with Gasteiger partial charge < -0.3 is 14.8 Å². The molecule has 1 fully saturated rings. The summed E-state index contributed by atoms with van der Waals surface area (Å²) in [6.07, 6.45) is 2.43. The summed E-state index contributed by atoms with van der Waals surface area (Å²) in [5, 5.41) is 3.60. The van der Waals surface area contributed by atoms with E-state index in [1.165, 1.54) is 12.0 Å². The molecular formula is C15H20BrNO2. The fourth-order valence-corrected chi connectivity index (χ4v) is 3.24. The van der Waals surface area contributed by atoms with E-state index in [-0.39, 0.29) is 6.10 Å². The summed E-state index contributed by atoms with van der Waals surface area (Å²) in [5.74, 6) is 1.68. The normalized spacial score (nSPS) is 27.1. The first-order valence-electron chi connectivity index (χ1n) is 6.98. The zero-order valence-electron chi connectivity index (χ0n) is 11.2. The summed E-state index contributed by atoms with van der Waals surface area (Å²) < 4.78 is 12.5. The minimum Gasteiger partial charge on any atom is -0.488 e. The van der Waals surface area contributed by atoms with Crippen LogP contribution >= 0.6 is 15.9 Å². The van der Waals surface area contributed by atoms with Crippen molar-refractivity contribution in [3.8, 4) is 5.75 Å². The van der Waals surface area contributed by atoms with Crippen molar-refractivity contribution in [3.63, 3.8) is 0 Å². The number of ether oxygens (including phenoxy) is 2. The Morgan fingerprint density at radius 2 is 2.37 bits per heavy atom. The van der Waals surface area contributed by atoms with Gasteiger partial charge in [-0.1, -0.05) is 15.9 Å². The Kier molecular flexibility index (Phi) is 4.10. The highest BCUT2D eigenvalue weighted by atomic mass is 79.9. The topological polar surface area (TPSA) is 30.5 Å². The van der Waals surface area contributed by atoms with Crippen LogP contribution in [-0.2, 0) is 11.2 Å². The van der Waals surface area contributed by atoms with Crippen molar-refractivity contribution in [1.82, 2.24) is 5.32 Å². The third kappa shape index (κ3) is 3.12. The molecule has 0 saturated carbocycles. The molecule has 0 radical (unpaired) electrons. The smallest absolute Gasteiger partial charge is 0.123 e. The minimum atomic E-state index is 0.258. The number of halogens is 1. The van der Waals surface area contributed by atoms with E-state index in [2.05, 4.69) is 34.2 Å². The average Bonchev–Trinajstić information content (AvgIpc) is 3.04. The first-order valence-corrected chi connectivity index (χ1v) is 7.78. The minimum absolute atomic E-state index is 0.258. The number of hydrogen-bond acceptors (Lipinski definition) is 3. The van der Waals surface area contributed by atoms with Crippen molar-refractivity contribution in [2.24, 2.45) is 5.92 Å². The molecule has 104 valence electrons. The van der Waals surface area contributed by atoms with E-state index in [9.17, 15) is 0 Å². The summed E-state index contributed by atoms with van der Waals surface area (Å²) in [5.41, 5.74) is 1.30. The van der Waals surface area contributed by atoms with Gasteiger partial charge in [0.25, 0.3) is 0 Å². The summed E-state index contributed by atoms with van der Waals surface area (Å²) in [6.45, 7) is 4.96. The predicted molar refractivity (Wildman–Crippen MR) is 78.7 cm³/mol. The van der Waals surface area contributed by atoms with Crippen LogP contribution in [0.15, 0.2) is 22.7 Å². The first kappa shape index (κ1) is 13.4. The summed E-state index contributed by atoms with van der Waals surface area (Å²) in [7, 11) is 0. The van der Waals surface area contributed by atoms with Crippen LogP contribution in [0.1, 0.15) is 18.9 Å². The van der Waals surface area contributed by atoms with Crippen molar-refractivity contribution in [2.75, 3.05) is 19.8 Å². The molecule has 19 heavy (non-hydrogen) atoms. The van der Waals surface area contributed by atoms with Gasteiger partial charge in [0.15, 0.2) is 0 Å². The largest absolute Gasteiger partial charge is 0.488 e. The zero-order chi connectivity index (χ0) is 13.2. The van der Waals surface area contributed by atoms with Crippen LogP contribution in [-0.4, -0.2) is 31.9 Å². The van der Waals surface area contributed by atoms with Crippen molar-refractivity contribution in [1.29, 1.82) is 0 Å². The van der Waals surface area contributed by atoms with Gasteiger partial charge in [0.1, 0.15) is 11.9 Å². The molecule has 1 saturated heterocycles. The third-order valence-electron chi connectivity index (χ3n) is 4.10. The van der Waals surface area contributed by atoms with Crippen LogP contribution in [0, 0.1) is 5.92 Å². The number of nitrogens with one attached hydrogen (secondary N) is 1. The van der Waals surface area contributed by atoms with E-state index in [0.717, 1.165) is 36.4 Å². The molecule has 4 heteroatoms. The Morgan fingerprint density at radius 1 is 1.47 bits per heavy atom. The average molecular weight is 326 g/mol. The lowest BCUT2D eigenvalue weighted by atomic mass is 10.0. The highest BCUT2D eigenvalue weighted by Gasteiger charge is 2.26. The molecule has 3 nitrogen and oxygen atoms in total. The van der Waals surface area contributed by atoms with Gasteiger partial charge in [0.2, 0.25) is 0 Å². The van der Waals surface area contributed by atoms with Gasteiger partial charge in [0, 0.05) is 30.1 Å². The molecule has 2 heterocycles. The van der Waals surface area contributed by atoms with Gasteiger partial charge in [-0.05, 0) is 43.0 Å². The second-order valence-corrected chi connectivity index (χ2v) is 6.43. The van der Waals surface area contributed by atoms with E-state index in [1.54, 1.807) is 0 Å². The Bertz CT molecular complexity index is 446. The molecular weight excluding hydrogens is 306 g/mol. The molecule has 2 aliphatic heterocycles.